The van der Waals surface area contributed by atoms with E-state index in [1.165, 1.54) is 25.4 Å². The van der Waals surface area contributed by atoms with Gasteiger partial charge in [0.25, 0.3) is 5.91 Å². The standard InChI is InChI=1S/C15H25N3O3S/c1-11(2)12(3)16-15(19)13-7-9-14(10-8-13)18(6)22(20,21)17(4)5/h7-12H,1-6H3,(H,16,19)/t12-/m1/s1. The number of benzene rings is 1. The van der Waals surface area contributed by atoms with Crippen molar-refractivity contribution in [2.75, 3.05) is 25.4 Å². The fraction of sp³-hybridized carbons (Fsp3) is 0.533. The second-order valence-corrected chi connectivity index (χ2v) is 7.98. The van der Waals surface area contributed by atoms with Crippen LogP contribution in [0.1, 0.15) is 31.1 Å². The Kier molecular flexibility index (Phi) is 5.96. The first kappa shape index (κ1) is 18.4. The summed E-state index contributed by atoms with van der Waals surface area (Å²) in [7, 11) is 0.897. The van der Waals surface area contributed by atoms with E-state index in [1.807, 2.05) is 20.8 Å². The van der Waals surface area contributed by atoms with Gasteiger partial charge in [-0.3, -0.25) is 9.10 Å². The first-order chi connectivity index (χ1) is 10.1. The molecule has 0 aliphatic rings. The average Bonchev–Trinajstić information content (AvgIpc) is 2.46. The fourth-order valence-electron chi connectivity index (χ4n) is 1.66. The van der Waals surface area contributed by atoms with Crippen LogP contribution in [0.5, 0.6) is 0 Å². The Hall–Kier alpha value is -1.60. The van der Waals surface area contributed by atoms with Crippen LogP contribution in [0.3, 0.4) is 0 Å². The van der Waals surface area contributed by atoms with Crippen molar-refractivity contribution in [3.05, 3.63) is 29.8 Å². The summed E-state index contributed by atoms with van der Waals surface area (Å²) < 4.78 is 26.4. The second kappa shape index (κ2) is 7.11. The number of nitrogens with zero attached hydrogens (tertiary/aromatic N) is 2. The molecule has 22 heavy (non-hydrogen) atoms. The molecule has 1 rings (SSSR count). The number of carbonyl (C=O) groups is 1. The van der Waals surface area contributed by atoms with Gasteiger partial charge >= 0.3 is 10.2 Å². The van der Waals surface area contributed by atoms with Crippen molar-refractivity contribution in [3.8, 4) is 0 Å². The van der Waals surface area contributed by atoms with Gasteiger partial charge in [-0.2, -0.15) is 12.7 Å². The Morgan fingerprint density at radius 3 is 1.95 bits per heavy atom. The molecular weight excluding hydrogens is 302 g/mol. The van der Waals surface area contributed by atoms with E-state index in [0.29, 0.717) is 17.2 Å². The minimum Gasteiger partial charge on any atom is -0.349 e. The minimum absolute atomic E-state index is 0.0731. The molecule has 0 radical (unpaired) electrons. The van der Waals surface area contributed by atoms with Gasteiger partial charge in [-0.05, 0) is 37.1 Å². The van der Waals surface area contributed by atoms with Crippen LogP contribution >= 0.6 is 0 Å². The summed E-state index contributed by atoms with van der Waals surface area (Å²) in [5.74, 6) is 0.186. The first-order valence-corrected chi connectivity index (χ1v) is 8.54. The molecule has 1 aromatic carbocycles. The van der Waals surface area contributed by atoms with Crippen LogP contribution in [0.25, 0.3) is 0 Å². The van der Waals surface area contributed by atoms with Crippen LogP contribution in [-0.4, -0.2) is 45.8 Å². The Morgan fingerprint density at radius 1 is 1.05 bits per heavy atom. The highest BCUT2D eigenvalue weighted by Crippen LogP contribution is 2.18. The quantitative estimate of drug-likeness (QED) is 0.864. The van der Waals surface area contributed by atoms with E-state index in [4.69, 9.17) is 0 Å². The van der Waals surface area contributed by atoms with Crippen molar-refractivity contribution >= 4 is 21.8 Å². The van der Waals surface area contributed by atoms with Gasteiger partial charge < -0.3 is 5.32 Å². The zero-order chi connectivity index (χ0) is 17.1. The van der Waals surface area contributed by atoms with Crippen molar-refractivity contribution in [2.45, 2.75) is 26.8 Å². The maximum absolute atomic E-state index is 12.1. The van der Waals surface area contributed by atoms with Crippen LogP contribution < -0.4 is 9.62 Å². The predicted molar refractivity (Wildman–Crippen MR) is 89.2 cm³/mol. The molecule has 6 nitrogen and oxygen atoms in total. The molecule has 1 amide bonds. The van der Waals surface area contributed by atoms with E-state index in [1.54, 1.807) is 24.3 Å². The van der Waals surface area contributed by atoms with E-state index < -0.39 is 10.2 Å². The van der Waals surface area contributed by atoms with Gasteiger partial charge in [0.05, 0.1) is 5.69 Å². The normalized spacial score (nSPS) is 13.3. The highest BCUT2D eigenvalue weighted by Gasteiger charge is 2.21. The van der Waals surface area contributed by atoms with Gasteiger partial charge in [-0.15, -0.1) is 0 Å². The third kappa shape index (κ3) is 4.20. The lowest BCUT2D eigenvalue weighted by Gasteiger charge is -2.23. The molecule has 0 aliphatic carbocycles. The van der Waals surface area contributed by atoms with Crippen molar-refractivity contribution in [3.63, 3.8) is 0 Å². The molecule has 0 heterocycles. The smallest absolute Gasteiger partial charge is 0.303 e. The van der Waals surface area contributed by atoms with Gasteiger partial charge in [0, 0.05) is 32.7 Å². The molecule has 1 N–H and O–H groups in total. The maximum Gasteiger partial charge on any atom is 0.303 e. The number of rotatable bonds is 6. The van der Waals surface area contributed by atoms with Crippen molar-refractivity contribution in [1.29, 1.82) is 0 Å². The van der Waals surface area contributed by atoms with Gasteiger partial charge in [-0.25, -0.2) is 0 Å². The molecule has 7 heteroatoms. The van der Waals surface area contributed by atoms with Crippen molar-refractivity contribution in [1.82, 2.24) is 9.62 Å². The third-order valence-corrected chi connectivity index (χ3v) is 5.49. The van der Waals surface area contributed by atoms with Gasteiger partial charge in [0.1, 0.15) is 0 Å². The summed E-state index contributed by atoms with van der Waals surface area (Å²) in [6.07, 6.45) is 0. The molecule has 1 atom stereocenters. The monoisotopic (exact) mass is 327 g/mol. The lowest BCUT2D eigenvalue weighted by Crippen LogP contribution is -2.37. The topological polar surface area (TPSA) is 69.7 Å². The minimum atomic E-state index is -3.53. The molecule has 0 bridgehead atoms. The van der Waals surface area contributed by atoms with E-state index in [-0.39, 0.29) is 11.9 Å². The highest BCUT2D eigenvalue weighted by molar-refractivity contribution is 7.90. The highest BCUT2D eigenvalue weighted by atomic mass is 32.2. The van der Waals surface area contributed by atoms with Crippen LogP contribution in [0.2, 0.25) is 0 Å². The number of nitrogens with one attached hydrogen (secondary N) is 1. The summed E-state index contributed by atoms with van der Waals surface area (Å²) in [6, 6.07) is 6.56. The molecule has 124 valence electrons. The zero-order valence-electron chi connectivity index (χ0n) is 14.0. The first-order valence-electron chi connectivity index (χ1n) is 7.14. The zero-order valence-corrected chi connectivity index (χ0v) is 14.8. The fourth-order valence-corrected chi connectivity index (χ4v) is 2.54. The SMILES string of the molecule is CC(C)[C@@H](C)NC(=O)c1ccc(N(C)S(=O)(=O)N(C)C)cc1. The summed E-state index contributed by atoms with van der Waals surface area (Å²) in [5.41, 5.74) is 1.01. The van der Waals surface area contributed by atoms with E-state index in [2.05, 4.69) is 5.32 Å². The number of amides is 1. The molecule has 0 aliphatic heterocycles. The van der Waals surface area contributed by atoms with Crippen LogP contribution in [0.15, 0.2) is 24.3 Å². The number of anilines is 1. The largest absolute Gasteiger partial charge is 0.349 e. The van der Waals surface area contributed by atoms with Crippen molar-refractivity contribution < 1.29 is 13.2 Å². The summed E-state index contributed by atoms with van der Waals surface area (Å²) in [6.45, 7) is 6.03. The molecular formula is C15H25N3O3S. The lowest BCUT2D eigenvalue weighted by atomic mass is 10.1. The summed E-state index contributed by atoms with van der Waals surface area (Å²) >= 11 is 0. The van der Waals surface area contributed by atoms with Crippen LogP contribution in [0, 0.1) is 5.92 Å². The van der Waals surface area contributed by atoms with Gasteiger partial charge in [-0.1, -0.05) is 13.8 Å². The molecule has 0 aromatic heterocycles. The molecule has 0 unspecified atom stereocenters. The Morgan fingerprint density at radius 2 is 1.55 bits per heavy atom. The molecule has 1 aromatic rings. The van der Waals surface area contributed by atoms with Crippen LogP contribution in [0.4, 0.5) is 5.69 Å². The Bertz CT molecular complexity index is 609. The van der Waals surface area contributed by atoms with Crippen LogP contribution in [-0.2, 0) is 10.2 Å². The maximum atomic E-state index is 12.1. The molecule has 0 spiro atoms. The number of hydrogen-bond donors (Lipinski definition) is 1. The molecule has 0 fully saturated rings. The van der Waals surface area contributed by atoms with Crippen molar-refractivity contribution in [2.24, 2.45) is 5.92 Å². The Labute approximate surface area is 133 Å². The van der Waals surface area contributed by atoms with E-state index >= 15 is 0 Å². The average molecular weight is 327 g/mol. The number of carbonyl (C=O) groups excluding carboxylic acids is 1. The lowest BCUT2D eigenvalue weighted by molar-refractivity contribution is 0.0930. The molecule has 0 saturated carbocycles. The predicted octanol–water partition coefficient (Wildman–Crippen LogP) is 1.70. The summed E-state index contributed by atoms with van der Waals surface area (Å²) in [5, 5.41) is 2.91. The number of hydrogen-bond acceptors (Lipinski definition) is 3. The van der Waals surface area contributed by atoms with E-state index in [9.17, 15) is 13.2 Å². The summed E-state index contributed by atoms with van der Waals surface area (Å²) in [4.78, 5) is 12.1. The van der Waals surface area contributed by atoms with Gasteiger partial charge in [0.2, 0.25) is 0 Å². The molecule has 0 saturated heterocycles. The second-order valence-electron chi connectivity index (χ2n) is 5.81. The Balaban J connectivity index is 2.90. The third-order valence-electron chi connectivity index (χ3n) is 3.66. The van der Waals surface area contributed by atoms with Gasteiger partial charge in [0.15, 0.2) is 0 Å². The van der Waals surface area contributed by atoms with E-state index in [0.717, 1.165) is 4.31 Å².